The number of aliphatic hydroxyl groups excluding tert-OH is 1. The van der Waals surface area contributed by atoms with E-state index >= 15 is 0 Å². The van der Waals surface area contributed by atoms with E-state index in [1.807, 2.05) is 34.6 Å². The number of rotatable bonds is 11. The van der Waals surface area contributed by atoms with Gasteiger partial charge in [-0.1, -0.05) is 6.58 Å². The maximum absolute atomic E-state index is 12.8. The summed E-state index contributed by atoms with van der Waals surface area (Å²) in [6.07, 6.45) is -1.53. The molecule has 10 heteroatoms. The van der Waals surface area contributed by atoms with Crippen LogP contribution in [0.5, 0.6) is 0 Å². The van der Waals surface area contributed by atoms with E-state index in [0.717, 1.165) is 0 Å². The van der Waals surface area contributed by atoms with Crippen LogP contribution in [0.1, 0.15) is 54.4 Å². The van der Waals surface area contributed by atoms with Crippen LogP contribution in [0.3, 0.4) is 0 Å². The zero-order valence-electron chi connectivity index (χ0n) is 18.8. The van der Waals surface area contributed by atoms with E-state index in [-0.39, 0.29) is 42.9 Å². The van der Waals surface area contributed by atoms with Gasteiger partial charge in [-0.2, -0.15) is 0 Å². The van der Waals surface area contributed by atoms with Crippen LogP contribution in [0.4, 0.5) is 0 Å². The van der Waals surface area contributed by atoms with E-state index in [1.54, 1.807) is 6.92 Å². The number of hydrogen-bond acceptors (Lipinski definition) is 8. The van der Waals surface area contributed by atoms with Gasteiger partial charge in [0.15, 0.2) is 0 Å². The molecule has 7 unspecified atom stereocenters. The van der Waals surface area contributed by atoms with E-state index in [9.17, 15) is 14.6 Å². The van der Waals surface area contributed by atoms with Gasteiger partial charge < -0.3 is 28.6 Å². The summed E-state index contributed by atoms with van der Waals surface area (Å²) in [4.78, 5) is 10.4. The molecule has 0 aromatic rings. The second-order valence-corrected chi connectivity index (χ2v) is 10.0. The lowest BCUT2D eigenvalue weighted by Crippen LogP contribution is -2.49. The second kappa shape index (κ2) is 10.4. The summed E-state index contributed by atoms with van der Waals surface area (Å²) in [6, 6.07) is 0. The van der Waals surface area contributed by atoms with Crippen molar-refractivity contribution in [3.63, 3.8) is 0 Å². The minimum atomic E-state index is -4.58. The maximum Gasteiger partial charge on any atom is 0.527 e. The van der Waals surface area contributed by atoms with Gasteiger partial charge >= 0.3 is 7.82 Å². The normalized spacial score (nSPS) is 36.4. The third-order valence-electron chi connectivity index (χ3n) is 5.04. The lowest BCUT2D eigenvalue weighted by atomic mass is 9.98. The van der Waals surface area contributed by atoms with E-state index in [4.69, 9.17) is 28.0 Å². The molecule has 0 aromatic heterocycles. The summed E-state index contributed by atoms with van der Waals surface area (Å²) >= 11 is 0. The standard InChI is InChI=1S/C20H37O9P/c1-12(2)24-11-20(10-21)18(9-15(6)27-20)29-30(22,23)28-16(7)19-17(25-13(3)4)8-14(5)26-19/h12-15,17-19,21H,7-11H2,1-6H3,(H,22,23). The van der Waals surface area contributed by atoms with Gasteiger partial charge in [-0.3, -0.25) is 9.42 Å². The molecule has 0 amide bonds. The SMILES string of the molecule is C=C(OP(=O)(O)OC1CC(C)OC1(CO)COC(C)C)C1OC(C)CC1OC(C)C. The predicted molar refractivity (Wildman–Crippen MR) is 110 cm³/mol. The third kappa shape index (κ3) is 6.74. The lowest BCUT2D eigenvalue weighted by molar-refractivity contribution is -0.151. The highest BCUT2D eigenvalue weighted by atomic mass is 31.2. The van der Waals surface area contributed by atoms with Gasteiger partial charge in [-0.05, 0) is 41.5 Å². The Hall–Kier alpha value is -0.510. The minimum absolute atomic E-state index is 0.0185. The first kappa shape index (κ1) is 25.7. The van der Waals surface area contributed by atoms with Gasteiger partial charge in [0.1, 0.15) is 23.6 Å². The Morgan fingerprint density at radius 1 is 1.20 bits per heavy atom. The smallest absolute Gasteiger partial charge is 0.406 e. The summed E-state index contributed by atoms with van der Waals surface area (Å²) in [5, 5.41) is 9.97. The largest absolute Gasteiger partial charge is 0.527 e. The molecule has 0 aliphatic carbocycles. The number of phosphoric acid groups is 1. The molecule has 2 aliphatic rings. The number of phosphoric ester groups is 1. The fourth-order valence-corrected chi connectivity index (χ4v) is 4.83. The second-order valence-electron chi connectivity index (χ2n) is 8.69. The van der Waals surface area contributed by atoms with E-state index in [0.29, 0.717) is 12.8 Å². The predicted octanol–water partition coefficient (Wildman–Crippen LogP) is 2.94. The highest BCUT2D eigenvalue weighted by molar-refractivity contribution is 7.47. The fourth-order valence-electron chi connectivity index (χ4n) is 3.79. The molecule has 0 spiro atoms. The van der Waals surface area contributed by atoms with Crippen LogP contribution in [-0.2, 0) is 32.6 Å². The van der Waals surface area contributed by atoms with Crippen molar-refractivity contribution in [1.82, 2.24) is 0 Å². The molecule has 2 saturated heterocycles. The van der Waals surface area contributed by atoms with Crippen LogP contribution in [0.25, 0.3) is 0 Å². The molecule has 2 rings (SSSR count). The number of aliphatic hydroxyl groups is 1. The zero-order valence-corrected chi connectivity index (χ0v) is 19.7. The molecule has 176 valence electrons. The van der Waals surface area contributed by atoms with E-state index in [2.05, 4.69) is 6.58 Å². The van der Waals surface area contributed by atoms with E-state index in [1.165, 1.54) is 0 Å². The highest BCUT2D eigenvalue weighted by Gasteiger charge is 2.52. The molecular formula is C20H37O9P. The van der Waals surface area contributed by atoms with Crippen LogP contribution in [-0.4, -0.2) is 71.5 Å². The lowest BCUT2D eigenvalue weighted by Gasteiger charge is -2.33. The Bertz CT molecular complexity index is 625. The third-order valence-corrected chi connectivity index (χ3v) is 6.02. The van der Waals surface area contributed by atoms with Crippen molar-refractivity contribution in [3.8, 4) is 0 Å². The summed E-state index contributed by atoms with van der Waals surface area (Å²) in [6.45, 7) is 14.6. The van der Waals surface area contributed by atoms with Crippen LogP contribution in [0.2, 0.25) is 0 Å². The Labute approximate surface area is 179 Å². The van der Waals surface area contributed by atoms with Crippen molar-refractivity contribution in [2.75, 3.05) is 13.2 Å². The first-order chi connectivity index (χ1) is 13.9. The molecular weight excluding hydrogens is 415 g/mol. The van der Waals surface area contributed by atoms with Crippen molar-refractivity contribution < 1.29 is 42.6 Å². The van der Waals surface area contributed by atoms with Crippen LogP contribution >= 0.6 is 7.82 Å². The quantitative estimate of drug-likeness (QED) is 0.361. The monoisotopic (exact) mass is 452 g/mol. The summed E-state index contributed by atoms with van der Waals surface area (Å²) in [5.41, 5.74) is -1.26. The van der Waals surface area contributed by atoms with Gasteiger partial charge in [0.05, 0.1) is 43.7 Å². The Morgan fingerprint density at radius 2 is 1.87 bits per heavy atom. The molecule has 7 atom stereocenters. The first-order valence-electron chi connectivity index (χ1n) is 10.5. The molecule has 2 heterocycles. The number of ether oxygens (including phenoxy) is 4. The van der Waals surface area contributed by atoms with Crippen molar-refractivity contribution in [1.29, 1.82) is 0 Å². The number of hydrogen-bond donors (Lipinski definition) is 2. The van der Waals surface area contributed by atoms with Gasteiger partial charge in [0.2, 0.25) is 0 Å². The Balaban J connectivity index is 2.07. The molecule has 0 bridgehead atoms. The van der Waals surface area contributed by atoms with Crippen molar-refractivity contribution in [2.45, 2.75) is 103 Å². The van der Waals surface area contributed by atoms with Crippen LogP contribution < -0.4 is 0 Å². The van der Waals surface area contributed by atoms with Crippen molar-refractivity contribution in [3.05, 3.63) is 12.3 Å². The molecule has 0 saturated carbocycles. The maximum atomic E-state index is 12.8. The minimum Gasteiger partial charge on any atom is -0.406 e. The van der Waals surface area contributed by atoms with Gasteiger partial charge in [-0.15, -0.1) is 0 Å². The Kier molecular flexibility index (Phi) is 8.93. The van der Waals surface area contributed by atoms with Gasteiger partial charge in [0.25, 0.3) is 0 Å². The topological polar surface area (TPSA) is 113 Å². The summed E-state index contributed by atoms with van der Waals surface area (Å²) in [7, 11) is -4.58. The summed E-state index contributed by atoms with van der Waals surface area (Å²) in [5.74, 6) is -0.0316. The van der Waals surface area contributed by atoms with Crippen molar-refractivity contribution in [2.24, 2.45) is 0 Å². The van der Waals surface area contributed by atoms with Gasteiger partial charge in [0, 0.05) is 12.8 Å². The zero-order chi connectivity index (χ0) is 22.7. The van der Waals surface area contributed by atoms with Crippen LogP contribution in [0, 0.1) is 0 Å². The Morgan fingerprint density at radius 3 is 2.43 bits per heavy atom. The molecule has 9 nitrogen and oxygen atoms in total. The molecule has 0 aromatic carbocycles. The molecule has 30 heavy (non-hydrogen) atoms. The summed E-state index contributed by atoms with van der Waals surface area (Å²) < 4.78 is 46.5. The first-order valence-corrected chi connectivity index (χ1v) is 12.0. The van der Waals surface area contributed by atoms with Crippen molar-refractivity contribution >= 4 is 7.82 Å². The fraction of sp³-hybridized carbons (Fsp3) is 0.900. The average Bonchev–Trinajstić information content (AvgIpc) is 3.11. The molecule has 2 aliphatic heterocycles. The highest BCUT2D eigenvalue weighted by Crippen LogP contribution is 2.52. The van der Waals surface area contributed by atoms with Crippen LogP contribution in [0.15, 0.2) is 12.3 Å². The van der Waals surface area contributed by atoms with E-state index < -0.39 is 32.2 Å². The molecule has 0 radical (unpaired) electrons. The molecule has 2 N–H and O–H groups in total. The average molecular weight is 452 g/mol. The van der Waals surface area contributed by atoms with Gasteiger partial charge in [-0.25, -0.2) is 4.57 Å². The molecule has 2 fully saturated rings.